The number of anilines is 2. The largest absolute Gasteiger partial charge is 0.399 e. The van der Waals surface area contributed by atoms with Crippen LogP contribution in [0.5, 0.6) is 0 Å². The number of hydrazine groups is 1. The molecule has 1 rings (SSSR count). The number of benzene rings is 1. The third kappa shape index (κ3) is 4.46. The third-order valence-electron chi connectivity index (χ3n) is 3.03. The lowest BCUT2D eigenvalue weighted by atomic mass is 10.1. The summed E-state index contributed by atoms with van der Waals surface area (Å²) in [7, 11) is 0. The summed E-state index contributed by atoms with van der Waals surface area (Å²) in [6.07, 6.45) is 0.698. The Kier molecular flexibility index (Phi) is 5.67. The highest BCUT2D eigenvalue weighted by molar-refractivity contribution is 5.99. The molecule has 1 atom stereocenters. The number of carbonyl (C=O) groups is 3. The summed E-state index contributed by atoms with van der Waals surface area (Å²) in [4.78, 5) is 33.5. The molecule has 1 aromatic carbocycles. The van der Waals surface area contributed by atoms with Crippen molar-refractivity contribution in [3.63, 3.8) is 0 Å². The molecule has 114 valence electrons. The molecular weight excluding hydrogens is 274 g/mol. The van der Waals surface area contributed by atoms with E-state index < -0.39 is 17.9 Å². The van der Waals surface area contributed by atoms with Gasteiger partial charge in [-0.3, -0.25) is 24.7 Å². The summed E-state index contributed by atoms with van der Waals surface area (Å²) in [5.74, 6) is 4.85. The molecule has 0 aliphatic rings. The Morgan fingerprint density at radius 3 is 2.67 bits per heavy atom. The van der Waals surface area contributed by atoms with Crippen LogP contribution in [0.15, 0.2) is 18.2 Å². The monoisotopic (exact) mass is 293 g/mol. The predicted octanol–water partition coefficient (Wildman–Crippen LogP) is -0.392. The number of amides is 3. The van der Waals surface area contributed by atoms with E-state index in [0.29, 0.717) is 18.5 Å². The first kappa shape index (κ1) is 16.4. The van der Waals surface area contributed by atoms with Crippen LogP contribution in [-0.2, 0) is 9.59 Å². The van der Waals surface area contributed by atoms with Gasteiger partial charge in [-0.15, -0.1) is 0 Å². The molecule has 1 unspecified atom stereocenters. The van der Waals surface area contributed by atoms with Crippen molar-refractivity contribution < 1.29 is 14.4 Å². The molecule has 8 heteroatoms. The van der Waals surface area contributed by atoms with E-state index in [2.05, 4.69) is 0 Å². The van der Waals surface area contributed by atoms with Gasteiger partial charge in [0.1, 0.15) is 0 Å². The Balaban J connectivity index is 2.71. The molecule has 1 aromatic rings. The van der Waals surface area contributed by atoms with Gasteiger partial charge in [-0.25, -0.2) is 5.84 Å². The van der Waals surface area contributed by atoms with E-state index in [0.717, 1.165) is 5.01 Å². The van der Waals surface area contributed by atoms with Gasteiger partial charge in [-0.1, -0.05) is 0 Å². The van der Waals surface area contributed by atoms with E-state index in [1.807, 2.05) is 5.32 Å². The number of nitrogens with two attached hydrogens (primary N) is 3. The molecule has 7 N–H and O–H groups in total. The van der Waals surface area contributed by atoms with Gasteiger partial charge < -0.3 is 11.5 Å². The van der Waals surface area contributed by atoms with Crippen LogP contribution in [-0.4, -0.2) is 29.3 Å². The number of hydrogen-bond donors (Lipinski definition) is 4. The first-order valence-corrected chi connectivity index (χ1v) is 6.33. The maximum absolute atomic E-state index is 12.2. The number of nitrogens with one attached hydrogen (secondary N) is 1. The van der Waals surface area contributed by atoms with Gasteiger partial charge in [0.05, 0.1) is 5.56 Å². The topological polar surface area (TPSA) is 145 Å². The number of rotatable bonds is 6. The van der Waals surface area contributed by atoms with E-state index in [4.69, 9.17) is 17.3 Å². The first-order chi connectivity index (χ1) is 9.86. The average Bonchev–Trinajstić information content (AvgIpc) is 2.46. The highest BCUT2D eigenvalue weighted by Gasteiger charge is 2.21. The average molecular weight is 293 g/mol. The number of nitrogen functional groups attached to an aromatic ring is 2. The second kappa shape index (κ2) is 7.25. The van der Waals surface area contributed by atoms with Crippen molar-refractivity contribution in [1.82, 2.24) is 10.3 Å². The highest BCUT2D eigenvalue weighted by atomic mass is 16.2. The fourth-order valence-electron chi connectivity index (χ4n) is 1.72. The summed E-state index contributed by atoms with van der Waals surface area (Å²) < 4.78 is 0. The SMILES string of the molecule is CC(CCC(=O)NC=O)N(N)C(=O)c1cc(N)ccc1N. The normalized spacial score (nSPS) is 11.5. The van der Waals surface area contributed by atoms with Crippen molar-refractivity contribution in [3.8, 4) is 0 Å². The summed E-state index contributed by atoms with van der Waals surface area (Å²) in [6, 6.07) is 4.15. The maximum Gasteiger partial charge on any atom is 0.270 e. The molecule has 0 fully saturated rings. The summed E-state index contributed by atoms with van der Waals surface area (Å²) in [6.45, 7) is 1.69. The van der Waals surface area contributed by atoms with Crippen LogP contribution in [0.4, 0.5) is 11.4 Å². The number of carbonyl (C=O) groups excluding carboxylic acids is 3. The van der Waals surface area contributed by atoms with Crippen molar-refractivity contribution in [2.24, 2.45) is 5.84 Å². The van der Waals surface area contributed by atoms with E-state index in [1.165, 1.54) is 12.1 Å². The lowest BCUT2D eigenvalue weighted by Crippen LogP contribution is -2.44. The Morgan fingerprint density at radius 1 is 1.38 bits per heavy atom. The Morgan fingerprint density at radius 2 is 2.05 bits per heavy atom. The minimum Gasteiger partial charge on any atom is -0.399 e. The molecule has 0 bridgehead atoms. The number of imide groups is 1. The van der Waals surface area contributed by atoms with Crippen molar-refractivity contribution in [3.05, 3.63) is 23.8 Å². The van der Waals surface area contributed by atoms with Crippen molar-refractivity contribution in [2.45, 2.75) is 25.8 Å². The summed E-state index contributed by atoms with van der Waals surface area (Å²) in [5, 5.41) is 3.02. The maximum atomic E-state index is 12.2. The summed E-state index contributed by atoms with van der Waals surface area (Å²) in [5.41, 5.74) is 12.2. The fraction of sp³-hybridized carbons (Fsp3) is 0.308. The second-order valence-electron chi connectivity index (χ2n) is 4.63. The van der Waals surface area contributed by atoms with Gasteiger partial charge in [0, 0.05) is 23.8 Å². The van der Waals surface area contributed by atoms with Crippen LogP contribution in [0, 0.1) is 0 Å². The molecule has 0 radical (unpaired) electrons. The third-order valence-corrected chi connectivity index (χ3v) is 3.03. The fourth-order valence-corrected chi connectivity index (χ4v) is 1.72. The van der Waals surface area contributed by atoms with Crippen LogP contribution < -0.4 is 22.6 Å². The highest BCUT2D eigenvalue weighted by Crippen LogP contribution is 2.18. The zero-order valence-electron chi connectivity index (χ0n) is 11.7. The molecule has 0 aromatic heterocycles. The molecule has 0 saturated heterocycles. The molecule has 0 aliphatic heterocycles. The first-order valence-electron chi connectivity index (χ1n) is 6.33. The van der Waals surface area contributed by atoms with E-state index in [1.54, 1.807) is 13.0 Å². The van der Waals surface area contributed by atoms with Gasteiger partial charge in [0.2, 0.25) is 12.3 Å². The molecular formula is C13H19N5O3. The minimum atomic E-state index is -0.483. The number of hydrogen-bond acceptors (Lipinski definition) is 6. The Hall–Kier alpha value is -2.61. The van der Waals surface area contributed by atoms with Crippen molar-refractivity contribution in [2.75, 3.05) is 11.5 Å². The van der Waals surface area contributed by atoms with Gasteiger partial charge in [0.15, 0.2) is 0 Å². The molecule has 3 amide bonds. The van der Waals surface area contributed by atoms with Gasteiger partial charge in [-0.05, 0) is 31.5 Å². The van der Waals surface area contributed by atoms with Crippen LogP contribution in [0.3, 0.4) is 0 Å². The lowest BCUT2D eigenvalue weighted by molar-refractivity contribution is -0.125. The van der Waals surface area contributed by atoms with Gasteiger partial charge in [0.25, 0.3) is 5.91 Å². The smallest absolute Gasteiger partial charge is 0.270 e. The molecule has 21 heavy (non-hydrogen) atoms. The van der Waals surface area contributed by atoms with Gasteiger partial charge >= 0.3 is 0 Å². The molecule has 0 spiro atoms. The molecule has 0 heterocycles. The van der Waals surface area contributed by atoms with E-state index in [-0.39, 0.29) is 17.7 Å². The quantitative estimate of drug-likeness (QED) is 0.185. The Labute approximate surface area is 122 Å². The van der Waals surface area contributed by atoms with Crippen LogP contribution in [0.1, 0.15) is 30.1 Å². The van der Waals surface area contributed by atoms with E-state index in [9.17, 15) is 14.4 Å². The van der Waals surface area contributed by atoms with Crippen LogP contribution in [0.25, 0.3) is 0 Å². The molecule has 8 nitrogen and oxygen atoms in total. The van der Waals surface area contributed by atoms with Crippen molar-refractivity contribution in [1.29, 1.82) is 0 Å². The zero-order chi connectivity index (χ0) is 16.0. The lowest BCUT2D eigenvalue weighted by Gasteiger charge is -2.24. The van der Waals surface area contributed by atoms with Crippen LogP contribution in [0.2, 0.25) is 0 Å². The van der Waals surface area contributed by atoms with Crippen LogP contribution >= 0.6 is 0 Å². The zero-order valence-corrected chi connectivity index (χ0v) is 11.7. The van der Waals surface area contributed by atoms with Crippen molar-refractivity contribution >= 4 is 29.6 Å². The Bertz CT molecular complexity index is 547. The minimum absolute atomic E-state index is 0.0767. The number of nitrogens with zero attached hydrogens (tertiary/aromatic N) is 1. The second-order valence-corrected chi connectivity index (χ2v) is 4.63. The van der Waals surface area contributed by atoms with E-state index >= 15 is 0 Å². The summed E-state index contributed by atoms with van der Waals surface area (Å²) >= 11 is 0. The molecule has 0 saturated carbocycles. The molecule has 0 aliphatic carbocycles. The predicted molar refractivity (Wildman–Crippen MR) is 78.5 cm³/mol. The van der Waals surface area contributed by atoms with Gasteiger partial charge in [-0.2, -0.15) is 0 Å². The standard InChI is InChI=1S/C13H19N5O3/c1-8(2-5-12(20)17-7-19)18(16)13(21)10-6-9(14)3-4-11(10)15/h3-4,6-8H,2,5,14-16H2,1H3,(H,17,19,20).